The Labute approximate surface area is 154 Å². The largest absolute Gasteiger partial charge is 0.495 e. The molecule has 6 nitrogen and oxygen atoms in total. The van der Waals surface area contributed by atoms with Crippen LogP contribution in [0.1, 0.15) is 17.5 Å². The predicted molar refractivity (Wildman–Crippen MR) is 98.5 cm³/mol. The normalized spacial score (nSPS) is 11.6. The van der Waals surface area contributed by atoms with Gasteiger partial charge in [0.15, 0.2) is 6.10 Å². The number of para-hydroxylation sites is 2. The summed E-state index contributed by atoms with van der Waals surface area (Å²) < 4.78 is 15.7. The Bertz CT molecular complexity index is 900. The van der Waals surface area contributed by atoms with Crippen LogP contribution in [-0.2, 0) is 9.53 Å². The van der Waals surface area contributed by atoms with Crippen LogP contribution >= 0.6 is 11.3 Å². The molecule has 0 aliphatic rings. The van der Waals surface area contributed by atoms with E-state index < -0.39 is 18.0 Å². The molecule has 0 aliphatic heterocycles. The number of esters is 1. The number of hydrogen-bond acceptors (Lipinski definition) is 6. The second-order valence-corrected chi connectivity index (χ2v) is 6.33. The fourth-order valence-corrected chi connectivity index (χ4v) is 3.09. The minimum atomic E-state index is -1.01. The molecule has 0 fully saturated rings. The van der Waals surface area contributed by atoms with E-state index in [4.69, 9.17) is 13.9 Å². The van der Waals surface area contributed by atoms with Crippen LogP contribution in [0, 0.1) is 0 Å². The van der Waals surface area contributed by atoms with Gasteiger partial charge in [0.1, 0.15) is 5.75 Å². The summed E-state index contributed by atoms with van der Waals surface area (Å²) in [6, 6.07) is 12.4. The zero-order valence-electron chi connectivity index (χ0n) is 14.2. The van der Waals surface area contributed by atoms with Crippen LogP contribution in [0.4, 0.5) is 5.69 Å². The molecular weight excluding hydrogens is 354 g/mol. The Morgan fingerprint density at radius 3 is 2.69 bits per heavy atom. The number of furan rings is 1. The first-order chi connectivity index (χ1) is 12.6. The van der Waals surface area contributed by atoms with Crippen molar-refractivity contribution < 1.29 is 23.5 Å². The van der Waals surface area contributed by atoms with Crippen molar-refractivity contribution in [2.45, 2.75) is 13.0 Å². The molecule has 7 heteroatoms. The molecule has 2 aromatic heterocycles. The summed E-state index contributed by atoms with van der Waals surface area (Å²) in [5.41, 5.74) is 1.14. The molecule has 134 valence electrons. The Morgan fingerprint density at radius 1 is 1.15 bits per heavy atom. The van der Waals surface area contributed by atoms with E-state index in [1.807, 2.05) is 17.5 Å². The van der Waals surface area contributed by atoms with Crippen LogP contribution in [0.25, 0.3) is 10.4 Å². The lowest BCUT2D eigenvalue weighted by molar-refractivity contribution is -0.123. The van der Waals surface area contributed by atoms with Gasteiger partial charge in [-0.15, -0.1) is 11.3 Å². The maximum absolute atomic E-state index is 12.4. The highest BCUT2D eigenvalue weighted by molar-refractivity contribution is 7.13. The summed E-state index contributed by atoms with van der Waals surface area (Å²) in [5.74, 6) is -0.567. The topological polar surface area (TPSA) is 77.8 Å². The molecule has 0 aliphatic carbocycles. The van der Waals surface area contributed by atoms with E-state index in [0.717, 1.165) is 4.88 Å². The van der Waals surface area contributed by atoms with Crippen molar-refractivity contribution >= 4 is 28.9 Å². The third-order valence-electron chi connectivity index (χ3n) is 3.66. The smallest absolute Gasteiger partial charge is 0.375 e. The highest BCUT2D eigenvalue weighted by Crippen LogP contribution is 2.29. The summed E-state index contributed by atoms with van der Waals surface area (Å²) in [6.07, 6.45) is 0.416. The molecule has 3 aromatic rings. The molecule has 0 spiro atoms. The third kappa shape index (κ3) is 3.78. The van der Waals surface area contributed by atoms with Crippen molar-refractivity contribution in [3.63, 3.8) is 0 Å². The van der Waals surface area contributed by atoms with Gasteiger partial charge in [-0.3, -0.25) is 4.79 Å². The Hall–Kier alpha value is -3.06. The van der Waals surface area contributed by atoms with Gasteiger partial charge in [0.05, 0.1) is 19.1 Å². The maximum Gasteiger partial charge on any atom is 0.375 e. The Kier molecular flexibility index (Phi) is 5.38. The highest BCUT2D eigenvalue weighted by Gasteiger charge is 2.24. The minimum absolute atomic E-state index is 0.0735. The summed E-state index contributed by atoms with van der Waals surface area (Å²) >= 11 is 1.48. The van der Waals surface area contributed by atoms with Gasteiger partial charge in [0.25, 0.3) is 5.91 Å². The molecule has 1 N–H and O–H groups in total. The van der Waals surface area contributed by atoms with E-state index in [1.165, 1.54) is 31.6 Å². The first-order valence-electron chi connectivity index (χ1n) is 7.86. The molecule has 0 bridgehead atoms. The van der Waals surface area contributed by atoms with Crippen molar-refractivity contribution in [3.8, 4) is 16.2 Å². The lowest BCUT2D eigenvalue weighted by Gasteiger charge is -2.14. The zero-order chi connectivity index (χ0) is 18.5. The standard InChI is InChI=1S/C19H17NO5S/c1-12(18(21)20-14-6-3-4-7-15(14)23-2)25-19(22)17-13(9-10-24-17)16-8-5-11-26-16/h3-12H,1-2H3,(H,20,21)/t12-/m1/s1. The van der Waals surface area contributed by atoms with Crippen molar-refractivity contribution in [3.05, 3.63) is 59.9 Å². The summed E-state index contributed by atoms with van der Waals surface area (Å²) in [7, 11) is 1.51. The molecular formula is C19H17NO5S. The second-order valence-electron chi connectivity index (χ2n) is 5.38. The van der Waals surface area contributed by atoms with Crippen molar-refractivity contribution in [2.24, 2.45) is 0 Å². The number of amides is 1. The van der Waals surface area contributed by atoms with Gasteiger partial charge >= 0.3 is 5.97 Å². The van der Waals surface area contributed by atoms with Crippen molar-refractivity contribution in [1.82, 2.24) is 0 Å². The molecule has 0 radical (unpaired) electrons. The number of rotatable bonds is 6. The monoisotopic (exact) mass is 371 g/mol. The Balaban J connectivity index is 1.68. The second kappa shape index (κ2) is 7.88. The molecule has 1 atom stereocenters. The predicted octanol–water partition coefficient (Wildman–Crippen LogP) is 4.20. The van der Waals surface area contributed by atoms with Crippen LogP contribution in [0.3, 0.4) is 0 Å². The fourth-order valence-electron chi connectivity index (χ4n) is 2.34. The molecule has 26 heavy (non-hydrogen) atoms. The van der Waals surface area contributed by atoms with Gasteiger partial charge in [-0.25, -0.2) is 4.79 Å². The molecule has 0 saturated carbocycles. The lowest BCUT2D eigenvalue weighted by Crippen LogP contribution is -2.30. The van der Waals surface area contributed by atoms with Crippen LogP contribution in [0.5, 0.6) is 5.75 Å². The Morgan fingerprint density at radius 2 is 1.96 bits per heavy atom. The van der Waals surface area contributed by atoms with Gasteiger partial charge in [-0.2, -0.15) is 0 Å². The number of ether oxygens (including phenoxy) is 2. The highest BCUT2D eigenvalue weighted by atomic mass is 32.1. The number of anilines is 1. The molecule has 1 amide bonds. The fraction of sp³-hybridized carbons (Fsp3) is 0.158. The average molecular weight is 371 g/mol. The first kappa shape index (κ1) is 17.8. The van der Waals surface area contributed by atoms with Crippen LogP contribution in [-0.4, -0.2) is 25.1 Å². The summed E-state index contributed by atoms with van der Waals surface area (Å²) in [5, 5.41) is 4.59. The number of nitrogens with one attached hydrogen (secondary N) is 1. The zero-order valence-corrected chi connectivity index (χ0v) is 15.0. The number of benzene rings is 1. The van der Waals surface area contributed by atoms with Crippen LogP contribution in [0.2, 0.25) is 0 Å². The average Bonchev–Trinajstić information content (AvgIpc) is 3.33. The first-order valence-corrected chi connectivity index (χ1v) is 8.74. The molecule has 0 unspecified atom stereocenters. The van der Waals surface area contributed by atoms with E-state index in [0.29, 0.717) is 17.0 Å². The maximum atomic E-state index is 12.4. The summed E-state index contributed by atoms with van der Waals surface area (Å²) in [4.78, 5) is 25.6. The molecule has 0 saturated heterocycles. The van der Waals surface area contributed by atoms with E-state index in [1.54, 1.807) is 30.3 Å². The molecule has 1 aromatic carbocycles. The number of thiophene rings is 1. The SMILES string of the molecule is COc1ccccc1NC(=O)[C@@H](C)OC(=O)c1occc1-c1cccs1. The number of methoxy groups -OCH3 is 1. The number of carbonyl (C=O) groups is 2. The molecule has 2 heterocycles. The van der Waals surface area contributed by atoms with E-state index in [9.17, 15) is 9.59 Å². The van der Waals surface area contributed by atoms with Crippen LogP contribution in [0.15, 0.2) is 58.5 Å². The van der Waals surface area contributed by atoms with Gasteiger partial charge in [-0.05, 0) is 36.6 Å². The van der Waals surface area contributed by atoms with Gasteiger partial charge < -0.3 is 19.2 Å². The van der Waals surface area contributed by atoms with E-state index >= 15 is 0 Å². The van der Waals surface area contributed by atoms with Crippen LogP contribution < -0.4 is 10.1 Å². The van der Waals surface area contributed by atoms with Crippen molar-refractivity contribution in [2.75, 3.05) is 12.4 Å². The minimum Gasteiger partial charge on any atom is -0.495 e. The van der Waals surface area contributed by atoms with E-state index in [2.05, 4.69) is 5.32 Å². The third-order valence-corrected chi connectivity index (χ3v) is 4.56. The molecule has 3 rings (SSSR count). The summed E-state index contributed by atoms with van der Waals surface area (Å²) in [6.45, 7) is 1.50. The quantitative estimate of drug-likeness (QED) is 0.657. The number of carbonyl (C=O) groups excluding carboxylic acids is 2. The number of hydrogen-bond donors (Lipinski definition) is 1. The van der Waals surface area contributed by atoms with Gasteiger partial charge in [0, 0.05) is 10.4 Å². The lowest BCUT2D eigenvalue weighted by atomic mass is 10.2. The van der Waals surface area contributed by atoms with Gasteiger partial charge in [0.2, 0.25) is 5.76 Å². The van der Waals surface area contributed by atoms with Gasteiger partial charge in [-0.1, -0.05) is 18.2 Å². The van der Waals surface area contributed by atoms with E-state index in [-0.39, 0.29) is 5.76 Å². The van der Waals surface area contributed by atoms with Crippen molar-refractivity contribution in [1.29, 1.82) is 0 Å².